The molecule has 0 fully saturated rings. The molecule has 0 saturated heterocycles. The molecule has 27 heavy (non-hydrogen) atoms. The highest BCUT2D eigenvalue weighted by molar-refractivity contribution is 6.13. The molecule has 0 aliphatic rings. The molecule has 0 saturated carbocycles. The van der Waals surface area contributed by atoms with E-state index >= 15 is 0 Å². The molecule has 136 valence electrons. The number of anilines is 1. The fraction of sp³-hybridized carbons (Fsp3) is 0.150. The Hall–Kier alpha value is -3.61. The van der Waals surface area contributed by atoms with Crippen molar-refractivity contribution in [1.29, 1.82) is 0 Å². The number of aromatic nitrogens is 3. The van der Waals surface area contributed by atoms with Crippen LogP contribution in [-0.4, -0.2) is 27.8 Å². The van der Waals surface area contributed by atoms with Crippen molar-refractivity contribution in [1.82, 2.24) is 14.8 Å². The van der Waals surface area contributed by atoms with Gasteiger partial charge in [-0.1, -0.05) is 0 Å². The van der Waals surface area contributed by atoms with Crippen molar-refractivity contribution in [3.05, 3.63) is 60.0 Å². The SMILES string of the molecule is COc1ccc(NC(=O)c2cc(-c3ccco3)nc3c2c(C)nn3C)cc1. The van der Waals surface area contributed by atoms with Gasteiger partial charge in [-0.05, 0) is 49.4 Å². The van der Waals surface area contributed by atoms with Crippen molar-refractivity contribution in [3.63, 3.8) is 0 Å². The summed E-state index contributed by atoms with van der Waals surface area (Å²) in [6.07, 6.45) is 1.58. The third-order valence-electron chi connectivity index (χ3n) is 4.33. The number of fused-ring (bicyclic) bond motifs is 1. The van der Waals surface area contributed by atoms with Gasteiger partial charge in [0.05, 0.1) is 30.0 Å². The van der Waals surface area contributed by atoms with Gasteiger partial charge in [0, 0.05) is 12.7 Å². The van der Waals surface area contributed by atoms with Crippen LogP contribution in [0.1, 0.15) is 16.1 Å². The number of amides is 1. The first-order chi connectivity index (χ1) is 13.1. The van der Waals surface area contributed by atoms with E-state index in [2.05, 4.69) is 15.4 Å². The number of aryl methyl sites for hydroxylation is 2. The molecule has 4 aromatic rings. The second-order valence-corrected chi connectivity index (χ2v) is 6.12. The summed E-state index contributed by atoms with van der Waals surface area (Å²) in [5, 5.41) is 8.05. The van der Waals surface area contributed by atoms with E-state index in [1.165, 1.54) is 0 Å². The zero-order chi connectivity index (χ0) is 19.0. The number of carbonyl (C=O) groups is 1. The van der Waals surface area contributed by atoms with Gasteiger partial charge in [0.1, 0.15) is 11.4 Å². The Kier molecular flexibility index (Phi) is 4.12. The number of pyridine rings is 1. The van der Waals surface area contributed by atoms with E-state index < -0.39 is 0 Å². The molecule has 0 atom stereocenters. The fourth-order valence-corrected chi connectivity index (χ4v) is 3.05. The molecule has 3 aromatic heterocycles. The molecule has 0 spiro atoms. The average Bonchev–Trinajstić information content (AvgIpc) is 3.30. The van der Waals surface area contributed by atoms with E-state index in [1.54, 1.807) is 61.5 Å². The minimum absolute atomic E-state index is 0.239. The minimum Gasteiger partial charge on any atom is -0.497 e. The Morgan fingerprint density at radius 3 is 2.67 bits per heavy atom. The second-order valence-electron chi connectivity index (χ2n) is 6.12. The lowest BCUT2D eigenvalue weighted by molar-refractivity contribution is 0.102. The van der Waals surface area contributed by atoms with Gasteiger partial charge < -0.3 is 14.5 Å². The highest BCUT2D eigenvalue weighted by Gasteiger charge is 2.20. The normalized spacial score (nSPS) is 10.9. The molecule has 1 aromatic carbocycles. The summed E-state index contributed by atoms with van der Waals surface area (Å²) in [5.41, 5.74) is 3.11. The molecule has 0 unspecified atom stereocenters. The number of rotatable bonds is 4. The van der Waals surface area contributed by atoms with Crippen molar-refractivity contribution >= 4 is 22.6 Å². The van der Waals surface area contributed by atoms with Crippen LogP contribution in [0.2, 0.25) is 0 Å². The first-order valence-electron chi connectivity index (χ1n) is 8.40. The third kappa shape index (κ3) is 3.03. The summed E-state index contributed by atoms with van der Waals surface area (Å²) in [6.45, 7) is 1.86. The molecular formula is C20H18N4O3. The van der Waals surface area contributed by atoms with Crippen LogP contribution in [0.4, 0.5) is 5.69 Å². The maximum atomic E-state index is 13.0. The standard InChI is InChI=1S/C20H18N4O3/c1-12-18-15(20(25)21-13-6-8-14(26-3)9-7-13)11-16(17-5-4-10-27-17)22-19(18)24(2)23-12/h4-11H,1-3H3,(H,21,25). The van der Waals surface area contributed by atoms with E-state index in [1.807, 2.05) is 13.0 Å². The van der Waals surface area contributed by atoms with Gasteiger partial charge in [-0.25, -0.2) is 4.98 Å². The van der Waals surface area contributed by atoms with Crippen LogP contribution in [0.5, 0.6) is 5.75 Å². The smallest absolute Gasteiger partial charge is 0.256 e. The van der Waals surface area contributed by atoms with Gasteiger partial charge in [0.25, 0.3) is 5.91 Å². The molecule has 0 aliphatic carbocycles. The van der Waals surface area contributed by atoms with Gasteiger partial charge >= 0.3 is 0 Å². The van der Waals surface area contributed by atoms with Crippen LogP contribution in [0.25, 0.3) is 22.5 Å². The largest absolute Gasteiger partial charge is 0.497 e. The van der Waals surface area contributed by atoms with E-state index in [-0.39, 0.29) is 5.91 Å². The first kappa shape index (κ1) is 16.8. The van der Waals surface area contributed by atoms with Crippen LogP contribution in [0.15, 0.2) is 53.1 Å². The number of hydrogen-bond donors (Lipinski definition) is 1. The number of nitrogens with one attached hydrogen (secondary N) is 1. The summed E-state index contributed by atoms with van der Waals surface area (Å²) < 4.78 is 12.3. The molecule has 4 rings (SSSR count). The zero-order valence-electron chi connectivity index (χ0n) is 15.2. The molecule has 1 N–H and O–H groups in total. The number of nitrogens with zero attached hydrogens (tertiary/aromatic N) is 3. The van der Waals surface area contributed by atoms with Crippen LogP contribution < -0.4 is 10.1 Å². The molecule has 3 heterocycles. The maximum absolute atomic E-state index is 13.0. The monoisotopic (exact) mass is 362 g/mol. The lowest BCUT2D eigenvalue weighted by Crippen LogP contribution is -2.13. The number of methoxy groups -OCH3 is 1. The molecule has 1 amide bonds. The van der Waals surface area contributed by atoms with Crippen molar-refractivity contribution in [2.45, 2.75) is 6.92 Å². The van der Waals surface area contributed by atoms with Crippen LogP contribution in [0.3, 0.4) is 0 Å². The quantitative estimate of drug-likeness (QED) is 0.597. The number of benzene rings is 1. The third-order valence-corrected chi connectivity index (χ3v) is 4.33. The summed E-state index contributed by atoms with van der Waals surface area (Å²) in [5.74, 6) is 1.08. The summed E-state index contributed by atoms with van der Waals surface area (Å²) in [7, 11) is 3.40. The van der Waals surface area contributed by atoms with Gasteiger partial charge in [-0.2, -0.15) is 5.10 Å². The highest BCUT2D eigenvalue weighted by Crippen LogP contribution is 2.28. The Morgan fingerprint density at radius 2 is 2.00 bits per heavy atom. The average molecular weight is 362 g/mol. The van der Waals surface area contributed by atoms with Crippen molar-refractivity contribution in [2.75, 3.05) is 12.4 Å². The molecule has 0 aliphatic heterocycles. The maximum Gasteiger partial charge on any atom is 0.256 e. The van der Waals surface area contributed by atoms with E-state index in [0.717, 1.165) is 16.8 Å². The van der Waals surface area contributed by atoms with Gasteiger partial charge in [0.15, 0.2) is 11.4 Å². The molecule has 0 radical (unpaired) electrons. The molecule has 7 heteroatoms. The summed E-state index contributed by atoms with van der Waals surface area (Å²) in [4.78, 5) is 17.6. The van der Waals surface area contributed by atoms with Crippen LogP contribution in [-0.2, 0) is 7.05 Å². The van der Waals surface area contributed by atoms with Gasteiger partial charge in [-0.15, -0.1) is 0 Å². The Morgan fingerprint density at radius 1 is 1.22 bits per heavy atom. The number of ether oxygens (including phenoxy) is 1. The Bertz CT molecular complexity index is 1110. The van der Waals surface area contributed by atoms with E-state index in [0.29, 0.717) is 28.4 Å². The van der Waals surface area contributed by atoms with Crippen molar-refractivity contribution < 1.29 is 13.9 Å². The van der Waals surface area contributed by atoms with Gasteiger partial charge in [-0.3, -0.25) is 9.48 Å². The van der Waals surface area contributed by atoms with Crippen LogP contribution >= 0.6 is 0 Å². The van der Waals surface area contributed by atoms with E-state index in [4.69, 9.17) is 9.15 Å². The van der Waals surface area contributed by atoms with Crippen molar-refractivity contribution in [3.8, 4) is 17.2 Å². The predicted molar refractivity (Wildman–Crippen MR) is 102 cm³/mol. The van der Waals surface area contributed by atoms with Gasteiger partial charge in [0.2, 0.25) is 0 Å². The molecule has 0 bridgehead atoms. The minimum atomic E-state index is -0.239. The highest BCUT2D eigenvalue weighted by atomic mass is 16.5. The van der Waals surface area contributed by atoms with Crippen LogP contribution in [0, 0.1) is 6.92 Å². The fourth-order valence-electron chi connectivity index (χ4n) is 3.05. The topological polar surface area (TPSA) is 82.2 Å². The zero-order valence-corrected chi connectivity index (χ0v) is 15.2. The second kappa shape index (κ2) is 6.60. The number of hydrogen-bond acceptors (Lipinski definition) is 5. The molecule has 7 nitrogen and oxygen atoms in total. The lowest BCUT2D eigenvalue weighted by atomic mass is 10.1. The van der Waals surface area contributed by atoms with Crippen molar-refractivity contribution in [2.24, 2.45) is 7.05 Å². The summed E-state index contributed by atoms with van der Waals surface area (Å²) >= 11 is 0. The van der Waals surface area contributed by atoms with E-state index in [9.17, 15) is 4.79 Å². The predicted octanol–water partition coefficient (Wildman–Crippen LogP) is 3.80. The summed E-state index contributed by atoms with van der Waals surface area (Å²) in [6, 6.07) is 12.5. The number of carbonyl (C=O) groups excluding carboxylic acids is 1. The first-order valence-corrected chi connectivity index (χ1v) is 8.40. The Labute approximate surface area is 155 Å². The number of furan rings is 1. The molecular weight excluding hydrogens is 344 g/mol. The Balaban J connectivity index is 1.79. The lowest BCUT2D eigenvalue weighted by Gasteiger charge is -2.09.